The quantitative estimate of drug-likeness (QED) is 0.506. The van der Waals surface area contributed by atoms with E-state index in [0.717, 1.165) is 24.0 Å². The molecule has 2 aromatic carbocycles. The molecule has 0 unspecified atom stereocenters. The van der Waals surface area contributed by atoms with Crippen molar-refractivity contribution < 1.29 is 18.8 Å². The first-order valence-corrected chi connectivity index (χ1v) is 11.8. The average Bonchev–Trinajstić information content (AvgIpc) is 3.46. The fourth-order valence-corrected chi connectivity index (χ4v) is 5.31. The van der Waals surface area contributed by atoms with Crippen molar-refractivity contribution in [2.75, 3.05) is 6.54 Å². The monoisotopic (exact) mass is 471 g/mol. The van der Waals surface area contributed by atoms with Crippen molar-refractivity contribution in [1.82, 2.24) is 14.8 Å². The number of hydrogen-bond acceptors (Lipinski definition) is 4. The second-order valence-electron chi connectivity index (χ2n) is 9.24. The average molecular weight is 472 g/mol. The summed E-state index contributed by atoms with van der Waals surface area (Å²) in [5.41, 5.74) is 1.09. The first-order chi connectivity index (χ1) is 17.0. The molecule has 1 aromatic heterocycles. The van der Waals surface area contributed by atoms with Gasteiger partial charge in [0.25, 0.3) is 0 Å². The molecular weight excluding hydrogens is 445 g/mol. The third kappa shape index (κ3) is 4.34. The first kappa shape index (κ1) is 22.9. The van der Waals surface area contributed by atoms with Crippen molar-refractivity contribution in [2.45, 2.75) is 43.7 Å². The van der Waals surface area contributed by atoms with Crippen LogP contribution in [0.2, 0.25) is 0 Å². The summed E-state index contributed by atoms with van der Waals surface area (Å²) >= 11 is 0. The van der Waals surface area contributed by atoms with E-state index in [-0.39, 0.29) is 49.0 Å². The van der Waals surface area contributed by atoms with Crippen LogP contribution in [0.25, 0.3) is 0 Å². The molecule has 0 bridgehead atoms. The first-order valence-electron chi connectivity index (χ1n) is 11.8. The highest BCUT2D eigenvalue weighted by molar-refractivity contribution is 6.10. The van der Waals surface area contributed by atoms with Crippen LogP contribution in [0.15, 0.2) is 79.1 Å². The van der Waals surface area contributed by atoms with E-state index in [1.54, 1.807) is 41.6 Å². The molecule has 35 heavy (non-hydrogen) atoms. The Balaban J connectivity index is 1.45. The lowest BCUT2D eigenvalue weighted by atomic mass is 9.75. The smallest absolute Gasteiger partial charge is 0.241 e. The van der Waals surface area contributed by atoms with E-state index in [0.29, 0.717) is 12.1 Å². The Morgan fingerprint density at radius 2 is 1.71 bits per heavy atom. The van der Waals surface area contributed by atoms with Crippen LogP contribution in [0.5, 0.6) is 0 Å². The summed E-state index contributed by atoms with van der Waals surface area (Å²) < 4.78 is 13.5. The number of benzene rings is 2. The summed E-state index contributed by atoms with van der Waals surface area (Å²) in [6, 6.07) is 18.7. The number of imide groups is 1. The zero-order valence-electron chi connectivity index (χ0n) is 19.3. The lowest BCUT2D eigenvalue weighted by Crippen LogP contribution is -2.43. The molecule has 0 N–H and O–H groups in total. The molecule has 7 heteroatoms. The van der Waals surface area contributed by atoms with Gasteiger partial charge in [0.15, 0.2) is 0 Å². The van der Waals surface area contributed by atoms with Gasteiger partial charge in [-0.25, -0.2) is 4.39 Å². The Morgan fingerprint density at radius 3 is 2.43 bits per heavy atom. The minimum atomic E-state index is -1.25. The largest absolute Gasteiger partial charge is 0.336 e. The Bertz CT molecular complexity index is 1230. The SMILES string of the molecule is O=C1C[C@@](CC(=O)N2CCC[C@H]2c2ccc(F)cc2)(c2ccccc2)C(=O)N1Cc1ccncc1. The van der Waals surface area contributed by atoms with Gasteiger partial charge in [0.05, 0.1) is 18.0 Å². The van der Waals surface area contributed by atoms with Crippen LogP contribution in [0.3, 0.4) is 0 Å². The van der Waals surface area contributed by atoms with Crippen molar-refractivity contribution >= 4 is 17.7 Å². The van der Waals surface area contributed by atoms with Crippen molar-refractivity contribution in [3.8, 4) is 0 Å². The molecule has 3 amide bonds. The maximum Gasteiger partial charge on any atom is 0.241 e. The number of rotatable bonds is 6. The van der Waals surface area contributed by atoms with Gasteiger partial charge in [0.2, 0.25) is 17.7 Å². The molecule has 178 valence electrons. The molecule has 2 saturated heterocycles. The molecule has 3 aromatic rings. The van der Waals surface area contributed by atoms with Gasteiger partial charge < -0.3 is 4.90 Å². The van der Waals surface area contributed by atoms with Gasteiger partial charge in [-0.05, 0) is 53.8 Å². The molecule has 6 nitrogen and oxygen atoms in total. The van der Waals surface area contributed by atoms with Crippen LogP contribution < -0.4 is 0 Å². The minimum Gasteiger partial charge on any atom is -0.336 e. The molecule has 0 saturated carbocycles. The normalized spacial score (nSPS) is 22.1. The van der Waals surface area contributed by atoms with Crippen molar-refractivity contribution in [3.63, 3.8) is 0 Å². The Kier molecular flexibility index (Phi) is 6.16. The molecule has 2 aliphatic heterocycles. The Labute approximate surface area is 203 Å². The van der Waals surface area contributed by atoms with E-state index in [1.165, 1.54) is 17.0 Å². The summed E-state index contributed by atoms with van der Waals surface area (Å²) in [4.78, 5) is 47.7. The van der Waals surface area contributed by atoms with E-state index in [1.807, 2.05) is 30.3 Å². The second-order valence-corrected chi connectivity index (χ2v) is 9.24. The third-order valence-corrected chi connectivity index (χ3v) is 7.11. The molecule has 2 fully saturated rings. The van der Waals surface area contributed by atoms with E-state index < -0.39 is 5.41 Å². The van der Waals surface area contributed by atoms with Crippen molar-refractivity contribution in [2.24, 2.45) is 0 Å². The molecule has 2 atom stereocenters. The molecule has 0 radical (unpaired) electrons. The van der Waals surface area contributed by atoms with E-state index >= 15 is 0 Å². The van der Waals surface area contributed by atoms with Crippen LogP contribution in [-0.2, 0) is 26.3 Å². The maximum atomic E-state index is 13.9. The lowest BCUT2D eigenvalue weighted by molar-refractivity contribution is -0.143. The summed E-state index contributed by atoms with van der Waals surface area (Å²) in [5.74, 6) is -1.14. The molecule has 3 heterocycles. The highest BCUT2D eigenvalue weighted by atomic mass is 19.1. The molecule has 5 rings (SSSR count). The van der Waals surface area contributed by atoms with Crippen LogP contribution in [-0.4, -0.2) is 39.1 Å². The van der Waals surface area contributed by atoms with Gasteiger partial charge in [-0.3, -0.25) is 24.3 Å². The van der Waals surface area contributed by atoms with Crippen LogP contribution in [0, 0.1) is 5.82 Å². The van der Waals surface area contributed by atoms with Gasteiger partial charge in [-0.2, -0.15) is 0 Å². The number of aromatic nitrogens is 1. The van der Waals surface area contributed by atoms with Gasteiger partial charge >= 0.3 is 0 Å². The van der Waals surface area contributed by atoms with Gasteiger partial charge in [0.1, 0.15) is 5.82 Å². The summed E-state index contributed by atoms with van der Waals surface area (Å²) in [6.07, 6.45) is 4.70. The van der Waals surface area contributed by atoms with Gasteiger partial charge in [-0.1, -0.05) is 42.5 Å². The molecular formula is C28H26FN3O3. The van der Waals surface area contributed by atoms with E-state index in [9.17, 15) is 18.8 Å². The fraction of sp³-hybridized carbons (Fsp3) is 0.286. The topological polar surface area (TPSA) is 70.6 Å². The highest BCUT2D eigenvalue weighted by Gasteiger charge is 2.54. The Hall–Kier alpha value is -3.87. The molecule has 0 spiro atoms. The molecule has 2 aliphatic rings. The predicted octanol–water partition coefficient (Wildman–Crippen LogP) is 4.17. The van der Waals surface area contributed by atoms with Crippen LogP contribution >= 0.6 is 0 Å². The number of hydrogen-bond donors (Lipinski definition) is 0. The number of pyridine rings is 1. The van der Waals surface area contributed by atoms with Gasteiger partial charge in [-0.15, -0.1) is 0 Å². The summed E-state index contributed by atoms with van der Waals surface area (Å²) in [6.45, 7) is 0.708. The zero-order valence-corrected chi connectivity index (χ0v) is 19.3. The fourth-order valence-electron chi connectivity index (χ4n) is 5.31. The summed E-state index contributed by atoms with van der Waals surface area (Å²) in [5, 5.41) is 0. The van der Waals surface area contributed by atoms with Gasteiger partial charge in [0, 0.05) is 31.8 Å². The zero-order chi connectivity index (χ0) is 24.4. The van der Waals surface area contributed by atoms with E-state index in [4.69, 9.17) is 0 Å². The molecule has 0 aliphatic carbocycles. The number of carbonyl (C=O) groups is 3. The number of nitrogens with zero attached hydrogens (tertiary/aromatic N) is 3. The number of halogens is 1. The van der Waals surface area contributed by atoms with Crippen molar-refractivity contribution in [3.05, 3.63) is 102 Å². The Morgan fingerprint density at radius 1 is 1.00 bits per heavy atom. The van der Waals surface area contributed by atoms with Crippen LogP contribution in [0.1, 0.15) is 48.4 Å². The number of amides is 3. The highest BCUT2D eigenvalue weighted by Crippen LogP contribution is 2.42. The minimum absolute atomic E-state index is 0.0538. The van der Waals surface area contributed by atoms with Crippen molar-refractivity contribution in [1.29, 1.82) is 0 Å². The maximum absolute atomic E-state index is 13.9. The summed E-state index contributed by atoms with van der Waals surface area (Å²) in [7, 11) is 0. The number of carbonyl (C=O) groups excluding carboxylic acids is 3. The third-order valence-electron chi connectivity index (χ3n) is 7.11. The lowest BCUT2D eigenvalue weighted by Gasteiger charge is -2.31. The van der Waals surface area contributed by atoms with Crippen LogP contribution in [0.4, 0.5) is 4.39 Å². The predicted molar refractivity (Wildman–Crippen MR) is 127 cm³/mol. The second kappa shape index (κ2) is 9.41. The standard InChI is InChI=1S/C28H26FN3O3/c29-23-10-8-21(9-11-23)24-7-4-16-31(24)25(33)17-28(22-5-2-1-3-6-22)18-26(34)32(27(28)35)19-20-12-14-30-15-13-20/h1-3,5-6,8-15,24H,4,7,16-19H2/t24-,28-/m0/s1. The number of likely N-dealkylation sites (tertiary alicyclic amines) is 2. The van der Waals surface area contributed by atoms with E-state index in [2.05, 4.69) is 4.98 Å².